The fourth-order valence-electron chi connectivity index (χ4n) is 3.09. The predicted octanol–water partition coefficient (Wildman–Crippen LogP) is 4.05. The van der Waals surface area contributed by atoms with E-state index in [0.29, 0.717) is 11.3 Å². The molecule has 0 bridgehead atoms. The van der Waals surface area contributed by atoms with Crippen molar-refractivity contribution in [3.63, 3.8) is 0 Å². The largest absolute Gasteiger partial charge is 0.435 e. The average Bonchev–Trinajstić information content (AvgIpc) is 3.12. The standard InChI is InChI=1S/C19H15F3N4O/c1-11-3-2-4-14-16(11)18(27)24-17(23-14)12-5-7-13(8-6-12)26-10-9-15(25-26)19(20,21)22/h2-10,17,23H,1H3,(H,24,27)/t17-/m0/s1. The van der Waals surface area contributed by atoms with E-state index in [1.54, 1.807) is 24.3 Å². The van der Waals surface area contributed by atoms with E-state index in [1.165, 1.54) is 6.20 Å². The van der Waals surface area contributed by atoms with Crippen molar-refractivity contribution in [3.05, 3.63) is 77.1 Å². The van der Waals surface area contributed by atoms with Crippen LogP contribution in [0.2, 0.25) is 0 Å². The van der Waals surface area contributed by atoms with Crippen LogP contribution in [0.3, 0.4) is 0 Å². The van der Waals surface area contributed by atoms with Gasteiger partial charge in [0.15, 0.2) is 5.69 Å². The maximum absolute atomic E-state index is 12.7. The Morgan fingerprint density at radius 2 is 1.78 bits per heavy atom. The van der Waals surface area contributed by atoms with E-state index in [2.05, 4.69) is 15.7 Å². The van der Waals surface area contributed by atoms with Crippen molar-refractivity contribution >= 4 is 11.6 Å². The highest BCUT2D eigenvalue weighted by Crippen LogP contribution is 2.30. The molecule has 2 aromatic carbocycles. The summed E-state index contributed by atoms with van der Waals surface area (Å²) in [6.45, 7) is 1.87. The van der Waals surface area contributed by atoms with Crippen LogP contribution in [0.5, 0.6) is 0 Å². The molecule has 1 aliphatic rings. The number of amides is 1. The van der Waals surface area contributed by atoms with E-state index >= 15 is 0 Å². The molecule has 138 valence electrons. The van der Waals surface area contributed by atoms with Crippen LogP contribution >= 0.6 is 0 Å². The second kappa shape index (κ2) is 6.15. The Kier molecular flexibility index (Phi) is 3.91. The average molecular weight is 372 g/mol. The van der Waals surface area contributed by atoms with Crippen molar-refractivity contribution in [2.24, 2.45) is 0 Å². The Hall–Kier alpha value is -3.29. The summed E-state index contributed by atoms with van der Waals surface area (Å²) >= 11 is 0. The number of carbonyl (C=O) groups is 1. The van der Waals surface area contributed by atoms with Crippen LogP contribution in [0.25, 0.3) is 5.69 Å². The van der Waals surface area contributed by atoms with Crippen LogP contribution in [0.15, 0.2) is 54.7 Å². The van der Waals surface area contributed by atoms with Gasteiger partial charge in [0.05, 0.1) is 11.3 Å². The molecule has 0 spiro atoms. The third-order valence-electron chi connectivity index (χ3n) is 4.45. The second-order valence-electron chi connectivity index (χ2n) is 6.28. The molecule has 0 unspecified atom stereocenters. The van der Waals surface area contributed by atoms with Gasteiger partial charge in [-0.2, -0.15) is 18.3 Å². The second-order valence-corrected chi connectivity index (χ2v) is 6.28. The van der Waals surface area contributed by atoms with Gasteiger partial charge >= 0.3 is 6.18 Å². The monoisotopic (exact) mass is 372 g/mol. The van der Waals surface area contributed by atoms with Crippen molar-refractivity contribution in [1.29, 1.82) is 0 Å². The molecule has 0 fully saturated rings. The van der Waals surface area contributed by atoms with Gasteiger partial charge in [0, 0.05) is 11.9 Å². The molecule has 3 aromatic rings. The van der Waals surface area contributed by atoms with Gasteiger partial charge in [0.2, 0.25) is 0 Å². The number of carbonyl (C=O) groups excluding carboxylic acids is 1. The number of benzene rings is 2. The maximum Gasteiger partial charge on any atom is 0.435 e. The van der Waals surface area contributed by atoms with E-state index < -0.39 is 18.0 Å². The molecule has 2 heterocycles. The lowest BCUT2D eigenvalue weighted by Crippen LogP contribution is -2.38. The summed E-state index contributed by atoms with van der Waals surface area (Å²) in [5, 5.41) is 9.71. The fourth-order valence-corrected chi connectivity index (χ4v) is 3.09. The zero-order valence-electron chi connectivity index (χ0n) is 14.2. The number of rotatable bonds is 2. The molecule has 1 aromatic heterocycles. The van der Waals surface area contributed by atoms with Crippen molar-refractivity contribution < 1.29 is 18.0 Å². The van der Waals surface area contributed by atoms with Crippen molar-refractivity contribution in [2.75, 3.05) is 5.32 Å². The lowest BCUT2D eigenvalue weighted by atomic mass is 10.0. The number of alkyl halides is 3. The van der Waals surface area contributed by atoms with Gasteiger partial charge in [0.1, 0.15) is 6.17 Å². The van der Waals surface area contributed by atoms with Crippen LogP contribution in [-0.2, 0) is 6.18 Å². The van der Waals surface area contributed by atoms with Crippen LogP contribution in [-0.4, -0.2) is 15.7 Å². The van der Waals surface area contributed by atoms with Gasteiger partial charge in [0.25, 0.3) is 5.91 Å². The summed E-state index contributed by atoms with van der Waals surface area (Å²) in [7, 11) is 0. The lowest BCUT2D eigenvalue weighted by molar-refractivity contribution is -0.141. The molecular formula is C19H15F3N4O. The molecule has 8 heteroatoms. The normalized spacial score (nSPS) is 16.4. The first-order chi connectivity index (χ1) is 12.8. The number of anilines is 1. The topological polar surface area (TPSA) is 59.0 Å². The van der Waals surface area contributed by atoms with Crippen molar-refractivity contribution in [1.82, 2.24) is 15.1 Å². The van der Waals surface area contributed by atoms with Gasteiger partial charge in [-0.25, -0.2) is 4.68 Å². The third-order valence-corrected chi connectivity index (χ3v) is 4.45. The molecule has 5 nitrogen and oxygen atoms in total. The van der Waals surface area contributed by atoms with Crippen LogP contribution in [0, 0.1) is 6.92 Å². The number of aromatic nitrogens is 2. The Labute approximate surface area is 152 Å². The Morgan fingerprint density at radius 3 is 2.44 bits per heavy atom. The summed E-state index contributed by atoms with van der Waals surface area (Å²) in [4.78, 5) is 12.4. The van der Waals surface area contributed by atoms with E-state index in [4.69, 9.17) is 0 Å². The first-order valence-electron chi connectivity index (χ1n) is 8.23. The molecular weight excluding hydrogens is 357 g/mol. The quantitative estimate of drug-likeness (QED) is 0.713. The minimum atomic E-state index is -4.48. The van der Waals surface area contributed by atoms with Gasteiger partial charge in [-0.05, 0) is 42.3 Å². The van der Waals surface area contributed by atoms with E-state index in [0.717, 1.165) is 27.6 Å². The Morgan fingerprint density at radius 1 is 1.04 bits per heavy atom. The molecule has 4 rings (SSSR count). The SMILES string of the molecule is Cc1cccc2c1C(=O)N[C@@H](c1ccc(-n3ccc(C(F)(F)F)n3)cc1)N2. The van der Waals surface area contributed by atoms with Crippen LogP contribution in [0.4, 0.5) is 18.9 Å². The van der Waals surface area contributed by atoms with Gasteiger partial charge in [-0.1, -0.05) is 24.3 Å². The molecule has 2 N–H and O–H groups in total. The zero-order chi connectivity index (χ0) is 19.2. The predicted molar refractivity (Wildman–Crippen MR) is 93.6 cm³/mol. The first kappa shape index (κ1) is 17.1. The number of aryl methyl sites for hydroxylation is 1. The number of nitrogens with zero attached hydrogens (tertiary/aromatic N) is 2. The van der Waals surface area contributed by atoms with E-state index in [-0.39, 0.29) is 5.91 Å². The number of nitrogens with one attached hydrogen (secondary N) is 2. The Bertz CT molecular complexity index is 1010. The zero-order valence-corrected chi connectivity index (χ0v) is 14.2. The number of halogens is 3. The van der Waals surface area contributed by atoms with Gasteiger partial charge in [-0.3, -0.25) is 4.79 Å². The molecule has 0 radical (unpaired) electrons. The van der Waals surface area contributed by atoms with Crippen molar-refractivity contribution in [3.8, 4) is 5.69 Å². The molecule has 1 amide bonds. The van der Waals surface area contributed by atoms with Gasteiger partial charge in [-0.15, -0.1) is 0 Å². The van der Waals surface area contributed by atoms with E-state index in [1.807, 2.05) is 25.1 Å². The van der Waals surface area contributed by atoms with Crippen LogP contribution < -0.4 is 10.6 Å². The highest BCUT2D eigenvalue weighted by molar-refractivity contribution is 6.03. The van der Waals surface area contributed by atoms with E-state index in [9.17, 15) is 18.0 Å². The molecule has 1 aliphatic heterocycles. The Balaban J connectivity index is 1.58. The number of hydrogen-bond acceptors (Lipinski definition) is 3. The summed E-state index contributed by atoms with van der Waals surface area (Å²) < 4.78 is 39.2. The number of hydrogen-bond donors (Lipinski definition) is 2. The number of fused-ring (bicyclic) bond motifs is 1. The third kappa shape index (κ3) is 3.14. The summed E-state index contributed by atoms with van der Waals surface area (Å²) in [6, 6.07) is 13.3. The maximum atomic E-state index is 12.7. The first-order valence-corrected chi connectivity index (χ1v) is 8.23. The highest BCUT2D eigenvalue weighted by Gasteiger charge is 2.33. The molecule has 0 aliphatic carbocycles. The molecule has 1 atom stereocenters. The molecule has 27 heavy (non-hydrogen) atoms. The minimum Gasteiger partial charge on any atom is -0.361 e. The summed E-state index contributed by atoms with van der Waals surface area (Å²) in [5.74, 6) is -0.169. The lowest BCUT2D eigenvalue weighted by Gasteiger charge is -2.29. The molecule has 0 saturated heterocycles. The summed E-state index contributed by atoms with van der Waals surface area (Å²) in [5.41, 5.74) is 2.57. The van der Waals surface area contributed by atoms with Crippen molar-refractivity contribution in [2.45, 2.75) is 19.3 Å². The highest BCUT2D eigenvalue weighted by atomic mass is 19.4. The van der Waals surface area contributed by atoms with Gasteiger partial charge < -0.3 is 10.6 Å². The van der Waals surface area contributed by atoms with Crippen LogP contribution in [0.1, 0.15) is 33.3 Å². The summed E-state index contributed by atoms with van der Waals surface area (Å²) in [6.07, 6.45) is -3.64. The molecule has 0 saturated carbocycles. The fraction of sp³-hybridized carbons (Fsp3) is 0.158. The minimum absolute atomic E-state index is 0.169. The smallest absolute Gasteiger partial charge is 0.361 e.